The van der Waals surface area contributed by atoms with E-state index in [0.29, 0.717) is 17.5 Å². The SMILES string of the molecule is CC1CCOC1c1nc(C(=O)O)c(N)s1. The van der Waals surface area contributed by atoms with Crippen LogP contribution < -0.4 is 5.73 Å². The van der Waals surface area contributed by atoms with Crippen molar-refractivity contribution >= 4 is 22.3 Å². The molecule has 1 fully saturated rings. The maximum absolute atomic E-state index is 10.8. The molecule has 1 aromatic heterocycles. The molecule has 82 valence electrons. The topological polar surface area (TPSA) is 85.4 Å². The molecular weight excluding hydrogens is 216 g/mol. The zero-order valence-electron chi connectivity index (χ0n) is 8.27. The fourth-order valence-electron chi connectivity index (χ4n) is 1.64. The lowest BCUT2D eigenvalue weighted by atomic mass is 10.1. The standard InChI is InChI=1S/C9H12N2O3S/c1-4-2-3-14-6(4)8-11-5(9(12)13)7(10)15-8/h4,6H,2-3,10H2,1H3,(H,12,13). The molecule has 0 radical (unpaired) electrons. The van der Waals surface area contributed by atoms with E-state index in [1.54, 1.807) is 0 Å². The van der Waals surface area contributed by atoms with Crippen molar-refractivity contribution in [2.45, 2.75) is 19.4 Å². The van der Waals surface area contributed by atoms with Gasteiger partial charge in [-0.15, -0.1) is 0 Å². The van der Waals surface area contributed by atoms with Gasteiger partial charge in [0.25, 0.3) is 0 Å². The van der Waals surface area contributed by atoms with E-state index < -0.39 is 5.97 Å². The molecule has 2 atom stereocenters. The maximum Gasteiger partial charge on any atom is 0.357 e. The Morgan fingerprint density at radius 2 is 2.47 bits per heavy atom. The Morgan fingerprint density at radius 1 is 1.73 bits per heavy atom. The van der Waals surface area contributed by atoms with E-state index in [9.17, 15) is 4.79 Å². The fraction of sp³-hybridized carbons (Fsp3) is 0.556. The molecule has 0 bridgehead atoms. The fourth-order valence-corrected chi connectivity index (χ4v) is 2.64. The van der Waals surface area contributed by atoms with Crippen LogP contribution in [-0.2, 0) is 4.74 Å². The zero-order valence-corrected chi connectivity index (χ0v) is 9.08. The summed E-state index contributed by atoms with van der Waals surface area (Å²) in [6.07, 6.45) is 0.887. The van der Waals surface area contributed by atoms with E-state index in [0.717, 1.165) is 6.42 Å². The number of rotatable bonds is 2. The number of nitrogen functional groups attached to an aromatic ring is 1. The molecule has 5 nitrogen and oxygen atoms in total. The highest BCUT2D eigenvalue weighted by atomic mass is 32.1. The first-order chi connectivity index (χ1) is 7.09. The molecular formula is C9H12N2O3S. The molecule has 15 heavy (non-hydrogen) atoms. The van der Waals surface area contributed by atoms with Crippen LogP contribution in [0.4, 0.5) is 5.00 Å². The van der Waals surface area contributed by atoms with Crippen molar-refractivity contribution < 1.29 is 14.6 Å². The second-order valence-electron chi connectivity index (χ2n) is 3.63. The molecule has 1 saturated heterocycles. The van der Waals surface area contributed by atoms with Crippen LogP contribution in [0.1, 0.15) is 34.9 Å². The van der Waals surface area contributed by atoms with E-state index in [-0.39, 0.29) is 16.8 Å². The molecule has 0 spiro atoms. The number of carboxylic acid groups (broad SMARTS) is 1. The summed E-state index contributed by atoms with van der Waals surface area (Å²) in [4.78, 5) is 14.8. The largest absolute Gasteiger partial charge is 0.476 e. The van der Waals surface area contributed by atoms with Crippen molar-refractivity contribution in [1.82, 2.24) is 4.98 Å². The van der Waals surface area contributed by atoms with Gasteiger partial charge in [0, 0.05) is 6.61 Å². The number of hydrogen-bond donors (Lipinski definition) is 2. The number of carboxylic acids is 1. The Labute approximate surface area is 90.9 Å². The third kappa shape index (κ3) is 1.82. The van der Waals surface area contributed by atoms with Gasteiger partial charge in [0.05, 0.1) is 0 Å². The van der Waals surface area contributed by atoms with Crippen LogP contribution >= 0.6 is 11.3 Å². The molecule has 0 saturated carbocycles. The molecule has 1 aliphatic rings. The van der Waals surface area contributed by atoms with Gasteiger partial charge in [-0.3, -0.25) is 0 Å². The van der Waals surface area contributed by atoms with Gasteiger partial charge in [-0.25, -0.2) is 9.78 Å². The second kappa shape index (κ2) is 3.79. The lowest BCUT2D eigenvalue weighted by Crippen LogP contribution is -2.05. The number of hydrogen-bond acceptors (Lipinski definition) is 5. The highest BCUT2D eigenvalue weighted by molar-refractivity contribution is 7.16. The van der Waals surface area contributed by atoms with Crippen LogP contribution in [0.2, 0.25) is 0 Å². The summed E-state index contributed by atoms with van der Waals surface area (Å²) in [5.74, 6) is -0.710. The van der Waals surface area contributed by atoms with E-state index in [1.807, 2.05) is 0 Å². The van der Waals surface area contributed by atoms with Crippen molar-refractivity contribution in [3.05, 3.63) is 10.7 Å². The van der Waals surface area contributed by atoms with Crippen molar-refractivity contribution in [3.63, 3.8) is 0 Å². The first-order valence-corrected chi connectivity index (χ1v) is 5.52. The third-order valence-corrected chi connectivity index (χ3v) is 3.45. The van der Waals surface area contributed by atoms with Gasteiger partial charge in [-0.1, -0.05) is 18.3 Å². The average molecular weight is 228 g/mol. The first-order valence-electron chi connectivity index (χ1n) is 4.70. The number of carbonyl (C=O) groups is 1. The van der Waals surface area contributed by atoms with Crippen LogP contribution in [-0.4, -0.2) is 22.7 Å². The number of aromatic carboxylic acids is 1. The molecule has 0 aromatic carbocycles. The van der Waals surface area contributed by atoms with Gasteiger partial charge in [0.15, 0.2) is 5.69 Å². The van der Waals surface area contributed by atoms with Crippen LogP contribution in [0, 0.1) is 5.92 Å². The number of thiazole rings is 1. The summed E-state index contributed by atoms with van der Waals surface area (Å²) in [7, 11) is 0. The summed E-state index contributed by atoms with van der Waals surface area (Å²) < 4.78 is 5.50. The minimum absolute atomic E-state index is 0.0577. The smallest absolute Gasteiger partial charge is 0.357 e. The lowest BCUT2D eigenvalue weighted by Gasteiger charge is -2.10. The molecule has 2 unspecified atom stereocenters. The van der Waals surface area contributed by atoms with E-state index in [1.165, 1.54) is 11.3 Å². The van der Waals surface area contributed by atoms with Crippen LogP contribution in [0.15, 0.2) is 0 Å². The summed E-state index contributed by atoms with van der Waals surface area (Å²) in [5.41, 5.74) is 5.52. The third-order valence-electron chi connectivity index (χ3n) is 2.50. The molecule has 1 aromatic rings. The van der Waals surface area contributed by atoms with Crippen molar-refractivity contribution in [2.75, 3.05) is 12.3 Å². The minimum atomic E-state index is -1.08. The number of nitrogens with zero attached hydrogens (tertiary/aromatic N) is 1. The zero-order chi connectivity index (χ0) is 11.0. The maximum atomic E-state index is 10.8. The number of anilines is 1. The lowest BCUT2D eigenvalue weighted by molar-refractivity contribution is 0.0689. The van der Waals surface area contributed by atoms with Crippen molar-refractivity contribution in [1.29, 1.82) is 0 Å². The minimum Gasteiger partial charge on any atom is -0.476 e. The molecule has 0 amide bonds. The van der Waals surface area contributed by atoms with Gasteiger partial charge in [-0.05, 0) is 12.3 Å². The predicted molar refractivity (Wildman–Crippen MR) is 56.0 cm³/mol. The quantitative estimate of drug-likeness (QED) is 0.801. The Kier molecular flexibility index (Phi) is 2.62. The number of aromatic nitrogens is 1. The monoisotopic (exact) mass is 228 g/mol. The van der Waals surface area contributed by atoms with E-state index >= 15 is 0 Å². The highest BCUT2D eigenvalue weighted by Gasteiger charge is 2.30. The first kappa shape index (κ1) is 10.4. The second-order valence-corrected chi connectivity index (χ2v) is 4.69. The molecule has 6 heteroatoms. The van der Waals surface area contributed by atoms with Gasteiger partial charge in [-0.2, -0.15) is 0 Å². The van der Waals surface area contributed by atoms with E-state index in [4.69, 9.17) is 15.6 Å². The summed E-state index contributed by atoms with van der Waals surface area (Å²) in [5, 5.41) is 9.74. The summed E-state index contributed by atoms with van der Waals surface area (Å²) >= 11 is 1.20. The Hall–Kier alpha value is -1.14. The Morgan fingerprint density at radius 3 is 2.93 bits per heavy atom. The van der Waals surface area contributed by atoms with Gasteiger partial charge in [0.2, 0.25) is 0 Å². The van der Waals surface area contributed by atoms with Crippen molar-refractivity contribution in [3.8, 4) is 0 Å². The van der Waals surface area contributed by atoms with Crippen molar-refractivity contribution in [2.24, 2.45) is 5.92 Å². The molecule has 2 rings (SSSR count). The van der Waals surface area contributed by atoms with Crippen LogP contribution in [0.25, 0.3) is 0 Å². The van der Waals surface area contributed by atoms with Crippen LogP contribution in [0.3, 0.4) is 0 Å². The summed E-state index contributed by atoms with van der Waals surface area (Å²) in [6.45, 7) is 2.77. The Balaban J connectivity index is 2.29. The number of ether oxygens (including phenoxy) is 1. The van der Waals surface area contributed by atoms with E-state index in [2.05, 4.69) is 11.9 Å². The predicted octanol–water partition coefficient (Wildman–Crippen LogP) is 1.52. The van der Waals surface area contributed by atoms with Crippen LogP contribution in [0.5, 0.6) is 0 Å². The van der Waals surface area contributed by atoms with Gasteiger partial charge in [0.1, 0.15) is 16.1 Å². The molecule has 3 N–H and O–H groups in total. The molecule has 1 aliphatic heterocycles. The number of nitrogens with two attached hydrogens (primary N) is 1. The average Bonchev–Trinajstić information content (AvgIpc) is 2.71. The van der Waals surface area contributed by atoms with Gasteiger partial charge >= 0.3 is 5.97 Å². The van der Waals surface area contributed by atoms with Gasteiger partial charge < -0.3 is 15.6 Å². The molecule has 2 heterocycles. The normalized spacial score (nSPS) is 25.7. The molecule has 0 aliphatic carbocycles. The highest BCUT2D eigenvalue weighted by Crippen LogP contribution is 2.37. The summed E-state index contributed by atoms with van der Waals surface area (Å²) in [6, 6.07) is 0. The Bertz CT molecular complexity index is 391.